The molecule has 27 heavy (non-hydrogen) atoms. The molecule has 0 aliphatic heterocycles. The highest BCUT2D eigenvalue weighted by Crippen LogP contribution is 2.18. The first kappa shape index (κ1) is 24.7. The molecule has 0 bridgehead atoms. The molecule has 2 N–H and O–H groups in total. The van der Waals surface area contributed by atoms with Crippen LogP contribution in [0, 0.1) is 5.92 Å². The number of Topliss-reactive ketones (excluding diaryl/α,β-unsaturated/α-hetero) is 1. The third kappa shape index (κ3) is 13.6. The van der Waals surface area contributed by atoms with Crippen molar-refractivity contribution in [2.75, 3.05) is 0 Å². The molecule has 0 radical (unpaired) electrons. The summed E-state index contributed by atoms with van der Waals surface area (Å²) in [6.45, 7) is 3.33. The summed E-state index contributed by atoms with van der Waals surface area (Å²) in [4.78, 5) is 33.5. The lowest BCUT2D eigenvalue weighted by Gasteiger charge is -2.14. The maximum absolute atomic E-state index is 11.8. The summed E-state index contributed by atoms with van der Waals surface area (Å²) in [5, 5.41) is 18.2. The molecule has 2 unspecified atom stereocenters. The monoisotopic (exact) mass is 376 g/mol. The average Bonchev–Trinajstić information content (AvgIpc) is 2.63. The van der Waals surface area contributed by atoms with Crippen LogP contribution in [0.5, 0.6) is 0 Å². The van der Waals surface area contributed by atoms with Crippen molar-refractivity contribution in [1.82, 2.24) is 0 Å². The zero-order valence-corrected chi connectivity index (χ0v) is 16.3. The Balaban J connectivity index is 4.44. The summed E-state index contributed by atoms with van der Waals surface area (Å²) < 4.78 is 0. The minimum Gasteiger partial charge on any atom is -0.481 e. The molecule has 0 aliphatic rings. The molecule has 5 heteroatoms. The van der Waals surface area contributed by atoms with Crippen LogP contribution in [0.4, 0.5) is 0 Å². The highest BCUT2D eigenvalue weighted by Gasteiger charge is 2.18. The van der Waals surface area contributed by atoms with E-state index >= 15 is 0 Å². The van der Waals surface area contributed by atoms with Crippen LogP contribution < -0.4 is 0 Å². The molecule has 0 saturated carbocycles. The van der Waals surface area contributed by atoms with Crippen molar-refractivity contribution in [3.63, 3.8) is 0 Å². The zero-order valence-electron chi connectivity index (χ0n) is 16.3. The number of carbonyl (C=O) groups is 3. The van der Waals surface area contributed by atoms with Gasteiger partial charge in [0.15, 0.2) is 5.78 Å². The number of aldehydes is 1. The highest BCUT2D eigenvalue weighted by molar-refractivity contribution is 5.97. The number of carboxylic acid groups (broad SMARTS) is 1. The lowest BCUT2D eigenvalue weighted by atomic mass is 9.91. The smallest absolute Gasteiger partial charge is 0.303 e. The third-order valence-corrected chi connectivity index (χ3v) is 4.07. The van der Waals surface area contributed by atoms with Gasteiger partial charge in [-0.1, -0.05) is 49.5 Å². The largest absolute Gasteiger partial charge is 0.481 e. The van der Waals surface area contributed by atoms with E-state index in [4.69, 9.17) is 5.11 Å². The second-order valence-corrected chi connectivity index (χ2v) is 6.33. The van der Waals surface area contributed by atoms with Crippen molar-refractivity contribution >= 4 is 18.0 Å². The van der Waals surface area contributed by atoms with E-state index in [1.807, 2.05) is 37.3 Å². The summed E-state index contributed by atoms with van der Waals surface area (Å²) in [5.74, 6) is -1.42. The van der Waals surface area contributed by atoms with Gasteiger partial charge >= 0.3 is 5.97 Å². The standard InChI is InChI=1S/C22H32O5/c1-3-20(25)16-15-19(17-23)21(18(2)24)13-11-9-7-5-4-6-8-10-12-14-22(26)27/h4-5,8-11,13,17,19-20,25H,3,6-7,12,14-16H2,1-2H3,(H,26,27). The summed E-state index contributed by atoms with van der Waals surface area (Å²) in [7, 11) is 0. The molecule has 0 aromatic carbocycles. The number of hydrogen-bond acceptors (Lipinski definition) is 4. The van der Waals surface area contributed by atoms with E-state index in [0.29, 0.717) is 37.7 Å². The number of allylic oxidation sites excluding steroid dienone is 8. The Morgan fingerprint density at radius 2 is 1.63 bits per heavy atom. The van der Waals surface area contributed by atoms with Gasteiger partial charge in [0.1, 0.15) is 6.29 Å². The summed E-state index contributed by atoms with van der Waals surface area (Å²) in [6.07, 6.45) is 17.1. The van der Waals surface area contributed by atoms with E-state index in [0.717, 1.165) is 12.7 Å². The van der Waals surface area contributed by atoms with Gasteiger partial charge in [-0.15, -0.1) is 0 Å². The SMILES string of the molecule is CCC(O)CCC(C=O)C(=CC=CCC=CCC=CCCC(=O)O)C(C)=O. The Hall–Kier alpha value is -2.27. The van der Waals surface area contributed by atoms with Gasteiger partial charge in [0.05, 0.1) is 6.10 Å². The van der Waals surface area contributed by atoms with Crippen LogP contribution in [0.3, 0.4) is 0 Å². The molecular weight excluding hydrogens is 344 g/mol. The van der Waals surface area contributed by atoms with Gasteiger partial charge in [-0.05, 0) is 45.4 Å². The number of aliphatic carboxylic acids is 1. The Morgan fingerprint density at radius 3 is 2.19 bits per heavy atom. The minimum absolute atomic E-state index is 0.134. The Bertz CT molecular complexity index is 569. The lowest BCUT2D eigenvalue weighted by molar-refractivity contribution is -0.136. The van der Waals surface area contributed by atoms with Crippen molar-refractivity contribution in [2.24, 2.45) is 5.92 Å². The van der Waals surface area contributed by atoms with Crippen molar-refractivity contribution < 1.29 is 24.6 Å². The number of rotatable bonds is 15. The molecule has 0 rings (SSSR count). The first-order chi connectivity index (χ1) is 12.9. The topological polar surface area (TPSA) is 91.7 Å². The van der Waals surface area contributed by atoms with Gasteiger partial charge in [-0.2, -0.15) is 0 Å². The van der Waals surface area contributed by atoms with Crippen molar-refractivity contribution in [1.29, 1.82) is 0 Å². The minimum atomic E-state index is -0.795. The first-order valence-electron chi connectivity index (χ1n) is 9.45. The van der Waals surface area contributed by atoms with E-state index in [1.165, 1.54) is 6.92 Å². The van der Waals surface area contributed by atoms with Crippen LogP contribution in [0.15, 0.2) is 48.1 Å². The van der Waals surface area contributed by atoms with Crippen LogP contribution in [-0.2, 0) is 14.4 Å². The third-order valence-electron chi connectivity index (χ3n) is 4.07. The number of aliphatic hydroxyl groups excluding tert-OH is 1. The van der Waals surface area contributed by atoms with Gasteiger partial charge < -0.3 is 15.0 Å². The molecule has 0 spiro atoms. The maximum Gasteiger partial charge on any atom is 0.303 e. The van der Waals surface area contributed by atoms with Crippen LogP contribution in [-0.4, -0.2) is 34.4 Å². The summed E-state index contributed by atoms with van der Waals surface area (Å²) >= 11 is 0. The maximum atomic E-state index is 11.8. The molecule has 150 valence electrons. The van der Waals surface area contributed by atoms with Crippen LogP contribution in [0.25, 0.3) is 0 Å². The zero-order chi connectivity index (χ0) is 20.5. The Labute approximate surface area is 162 Å². The van der Waals surface area contributed by atoms with Crippen molar-refractivity contribution in [3.05, 3.63) is 48.1 Å². The fraction of sp³-hybridized carbons (Fsp3) is 0.500. The molecule has 0 aliphatic carbocycles. The predicted octanol–water partition coefficient (Wildman–Crippen LogP) is 4.18. The number of carbonyl (C=O) groups excluding carboxylic acids is 2. The summed E-state index contributed by atoms with van der Waals surface area (Å²) in [6, 6.07) is 0. The normalized spacial score (nSPS) is 14.9. The van der Waals surface area contributed by atoms with E-state index in [2.05, 4.69) is 0 Å². The molecule has 5 nitrogen and oxygen atoms in total. The molecule has 0 heterocycles. The van der Waals surface area contributed by atoms with E-state index in [9.17, 15) is 19.5 Å². The average molecular weight is 376 g/mol. The van der Waals surface area contributed by atoms with Gasteiger partial charge in [-0.25, -0.2) is 0 Å². The fourth-order valence-electron chi connectivity index (χ4n) is 2.40. The van der Waals surface area contributed by atoms with Gasteiger partial charge in [0, 0.05) is 17.9 Å². The molecular formula is C22H32O5. The van der Waals surface area contributed by atoms with Gasteiger partial charge in [0.25, 0.3) is 0 Å². The predicted molar refractivity (Wildman–Crippen MR) is 107 cm³/mol. The lowest BCUT2D eigenvalue weighted by Crippen LogP contribution is -2.15. The number of ketones is 1. The molecule has 0 saturated heterocycles. The van der Waals surface area contributed by atoms with Crippen LogP contribution in [0.2, 0.25) is 0 Å². The van der Waals surface area contributed by atoms with Crippen molar-refractivity contribution in [2.45, 2.75) is 64.9 Å². The van der Waals surface area contributed by atoms with E-state index in [-0.39, 0.29) is 12.2 Å². The molecule has 2 atom stereocenters. The van der Waals surface area contributed by atoms with Crippen molar-refractivity contribution in [3.8, 4) is 0 Å². The van der Waals surface area contributed by atoms with Crippen LogP contribution >= 0.6 is 0 Å². The molecule has 0 amide bonds. The second-order valence-electron chi connectivity index (χ2n) is 6.33. The molecule has 0 aromatic heterocycles. The number of hydrogen-bond donors (Lipinski definition) is 2. The first-order valence-corrected chi connectivity index (χ1v) is 9.45. The van der Waals surface area contributed by atoms with E-state index < -0.39 is 18.0 Å². The quantitative estimate of drug-likeness (QED) is 0.194. The Kier molecular flexibility index (Phi) is 14.6. The number of aliphatic hydroxyl groups is 1. The Morgan fingerprint density at radius 1 is 1.00 bits per heavy atom. The number of carboxylic acids is 1. The fourth-order valence-corrected chi connectivity index (χ4v) is 2.40. The molecule has 0 aromatic rings. The van der Waals surface area contributed by atoms with Crippen LogP contribution in [0.1, 0.15) is 58.8 Å². The molecule has 0 fully saturated rings. The van der Waals surface area contributed by atoms with E-state index in [1.54, 1.807) is 12.2 Å². The highest BCUT2D eigenvalue weighted by atomic mass is 16.4. The second kappa shape index (κ2) is 15.9. The van der Waals surface area contributed by atoms with Gasteiger partial charge in [0.2, 0.25) is 0 Å². The summed E-state index contributed by atoms with van der Waals surface area (Å²) in [5.41, 5.74) is 0.467. The van der Waals surface area contributed by atoms with Gasteiger partial charge in [-0.3, -0.25) is 9.59 Å².